The zero-order valence-corrected chi connectivity index (χ0v) is 10.5. The maximum Gasteiger partial charge on any atom is 0.325 e. The van der Waals surface area contributed by atoms with E-state index in [2.05, 4.69) is 14.7 Å². The topological polar surface area (TPSA) is 64.5 Å². The summed E-state index contributed by atoms with van der Waals surface area (Å²) in [7, 11) is 2.90. The summed E-state index contributed by atoms with van der Waals surface area (Å²) in [6.45, 7) is 4.09. The first-order valence-electron chi connectivity index (χ1n) is 5.28. The Morgan fingerprint density at radius 1 is 1.41 bits per heavy atom. The van der Waals surface area contributed by atoms with Gasteiger partial charge in [-0.2, -0.15) is 0 Å². The number of hydrogen-bond donors (Lipinski definition) is 0. The SMILES string of the molecule is COC(=O)CN(c1cc(OC)ncn1)C(C)C. The van der Waals surface area contributed by atoms with Crippen molar-refractivity contribution in [3.8, 4) is 5.88 Å². The van der Waals surface area contributed by atoms with Crippen LogP contribution in [0.15, 0.2) is 12.4 Å². The molecule has 0 aliphatic heterocycles. The summed E-state index contributed by atoms with van der Waals surface area (Å²) in [4.78, 5) is 21.2. The largest absolute Gasteiger partial charge is 0.481 e. The Balaban J connectivity index is 2.92. The summed E-state index contributed by atoms with van der Waals surface area (Å²) in [6.07, 6.45) is 1.40. The van der Waals surface area contributed by atoms with E-state index in [0.29, 0.717) is 11.7 Å². The first-order valence-corrected chi connectivity index (χ1v) is 5.28. The van der Waals surface area contributed by atoms with Gasteiger partial charge < -0.3 is 14.4 Å². The van der Waals surface area contributed by atoms with Gasteiger partial charge in [0.1, 0.15) is 18.7 Å². The van der Waals surface area contributed by atoms with Crippen molar-refractivity contribution in [2.24, 2.45) is 0 Å². The quantitative estimate of drug-likeness (QED) is 0.710. The standard InChI is InChI=1S/C11H17N3O3/c1-8(2)14(6-11(15)17-4)9-5-10(16-3)13-7-12-9/h5,7-8H,6H2,1-4H3. The number of ether oxygens (including phenoxy) is 2. The zero-order chi connectivity index (χ0) is 12.8. The van der Waals surface area contributed by atoms with E-state index in [9.17, 15) is 4.79 Å². The maximum atomic E-state index is 11.3. The van der Waals surface area contributed by atoms with Crippen LogP contribution < -0.4 is 9.64 Å². The van der Waals surface area contributed by atoms with Crippen LogP contribution in [0.4, 0.5) is 5.82 Å². The van der Waals surface area contributed by atoms with Crippen LogP contribution in [0.25, 0.3) is 0 Å². The molecule has 0 aromatic carbocycles. The highest BCUT2D eigenvalue weighted by atomic mass is 16.5. The number of esters is 1. The predicted octanol–water partition coefficient (Wildman–Crippen LogP) is 0.873. The second-order valence-corrected chi connectivity index (χ2v) is 3.72. The Hall–Kier alpha value is -1.85. The fourth-order valence-corrected chi connectivity index (χ4v) is 1.33. The third-order valence-corrected chi connectivity index (χ3v) is 2.28. The van der Waals surface area contributed by atoms with Crippen molar-refractivity contribution in [1.82, 2.24) is 9.97 Å². The molecule has 1 aromatic heterocycles. The van der Waals surface area contributed by atoms with E-state index in [0.717, 1.165) is 0 Å². The summed E-state index contributed by atoms with van der Waals surface area (Å²) in [5.41, 5.74) is 0. The van der Waals surface area contributed by atoms with Gasteiger partial charge in [0.05, 0.1) is 14.2 Å². The summed E-state index contributed by atoms with van der Waals surface area (Å²) >= 11 is 0. The van der Waals surface area contributed by atoms with Gasteiger partial charge in [-0.25, -0.2) is 9.97 Å². The lowest BCUT2D eigenvalue weighted by molar-refractivity contribution is -0.139. The van der Waals surface area contributed by atoms with Crippen LogP contribution in [-0.4, -0.2) is 42.7 Å². The third kappa shape index (κ3) is 3.58. The molecule has 0 aliphatic carbocycles. The molecule has 1 rings (SSSR count). The molecule has 1 aromatic rings. The molecule has 6 heteroatoms. The lowest BCUT2D eigenvalue weighted by atomic mass is 10.3. The smallest absolute Gasteiger partial charge is 0.325 e. The highest BCUT2D eigenvalue weighted by Gasteiger charge is 2.17. The number of aromatic nitrogens is 2. The number of carbonyl (C=O) groups excluding carboxylic acids is 1. The van der Waals surface area contributed by atoms with Gasteiger partial charge in [-0.1, -0.05) is 0 Å². The van der Waals surface area contributed by atoms with Crippen LogP contribution in [0.2, 0.25) is 0 Å². The van der Waals surface area contributed by atoms with E-state index in [-0.39, 0.29) is 18.6 Å². The lowest BCUT2D eigenvalue weighted by Gasteiger charge is -2.26. The van der Waals surface area contributed by atoms with Gasteiger partial charge in [0.25, 0.3) is 0 Å². The number of methoxy groups -OCH3 is 2. The molecule has 0 radical (unpaired) electrons. The van der Waals surface area contributed by atoms with Gasteiger partial charge in [-0.15, -0.1) is 0 Å². The molecule has 0 saturated carbocycles. The molecule has 0 amide bonds. The average Bonchev–Trinajstić information content (AvgIpc) is 2.35. The second kappa shape index (κ2) is 6.03. The minimum absolute atomic E-state index is 0.119. The summed E-state index contributed by atoms with van der Waals surface area (Å²) < 4.78 is 9.68. The van der Waals surface area contributed by atoms with Crippen LogP contribution in [0, 0.1) is 0 Å². The van der Waals surface area contributed by atoms with Gasteiger partial charge in [0.15, 0.2) is 0 Å². The van der Waals surface area contributed by atoms with Crippen molar-refractivity contribution in [1.29, 1.82) is 0 Å². The summed E-state index contributed by atoms with van der Waals surface area (Å²) in [5.74, 6) is 0.791. The Morgan fingerprint density at radius 3 is 2.65 bits per heavy atom. The normalized spacial score (nSPS) is 10.2. The average molecular weight is 239 g/mol. The lowest BCUT2D eigenvalue weighted by Crippen LogP contribution is -2.36. The van der Waals surface area contributed by atoms with Gasteiger partial charge in [-0.05, 0) is 13.8 Å². The summed E-state index contributed by atoms with van der Waals surface area (Å²) in [6, 6.07) is 1.80. The molecule has 0 N–H and O–H groups in total. The van der Waals surface area contributed by atoms with Crippen molar-refractivity contribution in [2.75, 3.05) is 25.7 Å². The monoisotopic (exact) mass is 239 g/mol. The molecule has 0 spiro atoms. The van der Waals surface area contributed by atoms with Crippen molar-refractivity contribution >= 4 is 11.8 Å². The van der Waals surface area contributed by atoms with E-state index >= 15 is 0 Å². The fraction of sp³-hybridized carbons (Fsp3) is 0.545. The van der Waals surface area contributed by atoms with Crippen LogP contribution in [-0.2, 0) is 9.53 Å². The molecule has 94 valence electrons. The Kier molecular flexibility index (Phi) is 4.68. The molecule has 0 atom stereocenters. The van der Waals surface area contributed by atoms with Crippen molar-refractivity contribution in [2.45, 2.75) is 19.9 Å². The number of rotatable bonds is 5. The van der Waals surface area contributed by atoms with Crippen molar-refractivity contribution in [3.05, 3.63) is 12.4 Å². The maximum absolute atomic E-state index is 11.3. The molecule has 0 bridgehead atoms. The number of anilines is 1. The van der Waals surface area contributed by atoms with Crippen molar-refractivity contribution < 1.29 is 14.3 Å². The molecular weight excluding hydrogens is 222 g/mol. The Labute approximate surface area is 101 Å². The first kappa shape index (κ1) is 13.2. The van der Waals surface area contributed by atoms with E-state index in [4.69, 9.17) is 4.74 Å². The first-order chi connectivity index (χ1) is 8.08. The molecule has 0 unspecified atom stereocenters. The molecule has 0 fully saturated rings. The van der Waals surface area contributed by atoms with E-state index in [1.165, 1.54) is 20.5 Å². The zero-order valence-electron chi connectivity index (χ0n) is 10.5. The molecular formula is C11H17N3O3. The molecule has 0 saturated heterocycles. The highest BCUT2D eigenvalue weighted by molar-refractivity contribution is 5.75. The van der Waals surface area contributed by atoms with Gasteiger partial charge in [0, 0.05) is 12.1 Å². The Bertz CT molecular complexity index is 382. The molecule has 1 heterocycles. The minimum Gasteiger partial charge on any atom is -0.481 e. The predicted molar refractivity (Wildman–Crippen MR) is 63.1 cm³/mol. The van der Waals surface area contributed by atoms with Crippen LogP contribution in [0.5, 0.6) is 5.88 Å². The Morgan fingerprint density at radius 2 is 2.12 bits per heavy atom. The van der Waals surface area contributed by atoms with Crippen molar-refractivity contribution in [3.63, 3.8) is 0 Å². The molecule has 17 heavy (non-hydrogen) atoms. The second-order valence-electron chi connectivity index (χ2n) is 3.72. The number of carbonyl (C=O) groups is 1. The van der Waals surface area contributed by atoms with Crippen LogP contribution in [0.3, 0.4) is 0 Å². The van der Waals surface area contributed by atoms with Gasteiger partial charge >= 0.3 is 5.97 Å². The van der Waals surface area contributed by atoms with E-state index < -0.39 is 0 Å². The van der Waals surface area contributed by atoms with E-state index in [1.54, 1.807) is 6.07 Å². The van der Waals surface area contributed by atoms with Gasteiger partial charge in [0.2, 0.25) is 5.88 Å². The van der Waals surface area contributed by atoms with E-state index in [1.807, 2.05) is 18.7 Å². The molecule has 0 aliphatic rings. The molecule has 6 nitrogen and oxygen atoms in total. The van der Waals surface area contributed by atoms with Crippen LogP contribution >= 0.6 is 0 Å². The number of nitrogens with zero attached hydrogens (tertiary/aromatic N) is 3. The van der Waals surface area contributed by atoms with Crippen LogP contribution in [0.1, 0.15) is 13.8 Å². The third-order valence-electron chi connectivity index (χ3n) is 2.28. The van der Waals surface area contributed by atoms with Gasteiger partial charge in [-0.3, -0.25) is 4.79 Å². The fourth-order valence-electron chi connectivity index (χ4n) is 1.33. The summed E-state index contributed by atoms with van der Waals surface area (Å²) in [5, 5.41) is 0. The highest BCUT2D eigenvalue weighted by Crippen LogP contribution is 2.17. The minimum atomic E-state index is -0.309. The number of hydrogen-bond acceptors (Lipinski definition) is 6.